The minimum Gasteiger partial charge on any atom is -0.337 e. The van der Waals surface area contributed by atoms with E-state index in [1.54, 1.807) is 36.7 Å². The summed E-state index contributed by atoms with van der Waals surface area (Å²) in [5.74, 6) is 0.278. The number of pyridine rings is 1. The van der Waals surface area contributed by atoms with Crippen molar-refractivity contribution in [3.05, 3.63) is 84.4 Å². The maximum atomic E-state index is 13.3. The molecule has 0 fully saturated rings. The van der Waals surface area contributed by atoms with Gasteiger partial charge in [0.15, 0.2) is 6.29 Å². The summed E-state index contributed by atoms with van der Waals surface area (Å²) in [6.45, 7) is 0. The second-order valence-electron chi connectivity index (χ2n) is 5.76. The summed E-state index contributed by atoms with van der Waals surface area (Å²) < 4.78 is 13.3. The van der Waals surface area contributed by atoms with Gasteiger partial charge in [-0.2, -0.15) is 0 Å². The summed E-state index contributed by atoms with van der Waals surface area (Å²) in [5, 5.41) is 0. The highest BCUT2D eigenvalue weighted by Crippen LogP contribution is 2.33. The summed E-state index contributed by atoms with van der Waals surface area (Å²) in [7, 11) is 0. The van der Waals surface area contributed by atoms with Crippen LogP contribution >= 0.6 is 0 Å². The van der Waals surface area contributed by atoms with Gasteiger partial charge in [0, 0.05) is 34.6 Å². The minimum atomic E-state index is -0.304. The van der Waals surface area contributed by atoms with Crippen molar-refractivity contribution in [2.75, 3.05) is 0 Å². The van der Waals surface area contributed by atoms with E-state index in [1.807, 2.05) is 24.3 Å². The first-order valence-electron chi connectivity index (χ1n) is 8.07. The highest BCUT2D eigenvalue weighted by Gasteiger charge is 2.16. The van der Waals surface area contributed by atoms with Crippen LogP contribution in [0.2, 0.25) is 0 Å². The van der Waals surface area contributed by atoms with Crippen molar-refractivity contribution in [3.8, 4) is 33.9 Å². The van der Waals surface area contributed by atoms with Crippen molar-refractivity contribution in [3.63, 3.8) is 0 Å². The predicted octanol–water partition coefficient (Wildman–Crippen LogP) is 4.76. The Morgan fingerprint density at radius 3 is 2.35 bits per heavy atom. The molecule has 0 saturated heterocycles. The van der Waals surface area contributed by atoms with E-state index >= 15 is 0 Å². The molecule has 0 aliphatic rings. The average Bonchev–Trinajstić information content (AvgIpc) is 3.14. The van der Waals surface area contributed by atoms with Gasteiger partial charge in [-0.25, -0.2) is 9.37 Å². The molecule has 26 heavy (non-hydrogen) atoms. The van der Waals surface area contributed by atoms with E-state index in [9.17, 15) is 9.18 Å². The van der Waals surface area contributed by atoms with Gasteiger partial charge >= 0.3 is 0 Å². The van der Waals surface area contributed by atoms with Crippen LogP contribution in [0.1, 0.15) is 10.4 Å². The number of hydrogen-bond acceptors (Lipinski definition) is 3. The number of hydrogen-bond donors (Lipinski definition) is 1. The average molecular weight is 343 g/mol. The normalized spacial score (nSPS) is 10.7. The van der Waals surface area contributed by atoms with Gasteiger partial charge in [0.05, 0.1) is 11.4 Å². The molecule has 4 aromatic rings. The minimum absolute atomic E-state index is 0.304. The zero-order valence-electron chi connectivity index (χ0n) is 13.7. The van der Waals surface area contributed by atoms with Gasteiger partial charge in [0.25, 0.3) is 0 Å². The molecule has 126 valence electrons. The molecule has 0 unspecified atom stereocenters. The van der Waals surface area contributed by atoms with Crippen molar-refractivity contribution in [2.45, 2.75) is 0 Å². The van der Waals surface area contributed by atoms with Gasteiger partial charge < -0.3 is 4.98 Å². The number of carbonyl (C=O) groups is 1. The quantitative estimate of drug-likeness (QED) is 0.544. The highest BCUT2D eigenvalue weighted by molar-refractivity contribution is 5.88. The highest BCUT2D eigenvalue weighted by atomic mass is 19.1. The maximum absolute atomic E-state index is 13.3. The van der Waals surface area contributed by atoms with Crippen LogP contribution in [-0.4, -0.2) is 21.2 Å². The van der Waals surface area contributed by atoms with E-state index in [1.165, 1.54) is 12.1 Å². The van der Waals surface area contributed by atoms with Crippen LogP contribution in [0.25, 0.3) is 33.9 Å². The molecule has 0 spiro atoms. The largest absolute Gasteiger partial charge is 0.337 e. The number of nitrogens with zero attached hydrogens (tertiary/aromatic N) is 2. The fraction of sp³-hybridized carbons (Fsp3) is 0. The first-order chi connectivity index (χ1) is 12.8. The summed E-state index contributed by atoms with van der Waals surface area (Å²) in [6, 6.07) is 17.2. The number of aromatic amines is 1. The number of imidazole rings is 1. The standard InChI is InChI=1S/C21H14FN3O/c22-17-7-5-14(6-8-17)19-20(15-9-11-23-12-10-15)25-21(24-19)18-4-2-1-3-16(18)13-26/h1-13H,(H,24,25). The van der Waals surface area contributed by atoms with Crippen LogP contribution < -0.4 is 0 Å². The Hall–Kier alpha value is -3.60. The van der Waals surface area contributed by atoms with Crippen molar-refractivity contribution in [2.24, 2.45) is 0 Å². The third kappa shape index (κ3) is 2.91. The van der Waals surface area contributed by atoms with Gasteiger partial charge in [0.1, 0.15) is 11.6 Å². The lowest BCUT2D eigenvalue weighted by Crippen LogP contribution is -1.88. The fourth-order valence-corrected chi connectivity index (χ4v) is 2.86. The van der Waals surface area contributed by atoms with Crippen molar-refractivity contribution >= 4 is 6.29 Å². The lowest BCUT2D eigenvalue weighted by molar-refractivity contribution is 0.112. The van der Waals surface area contributed by atoms with Gasteiger partial charge in [-0.3, -0.25) is 9.78 Å². The number of nitrogens with one attached hydrogen (secondary N) is 1. The third-order valence-electron chi connectivity index (χ3n) is 4.13. The molecular formula is C21H14FN3O. The molecule has 0 bridgehead atoms. The Morgan fingerprint density at radius 2 is 1.62 bits per heavy atom. The second-order valence-corrected chi connectivity index (χ2v) is 5.76. The molecule has 0 atom stereocenters. The van der Waals surface area contributed by atoms with E-state index in [0.717, 1.165) is 23.1 Å². The molecule has 5 heteroatoms. The summed E-state index contributed by atoms with van der Waals surface area (Å²) in [6.07, 6.45) is 4.20. The molecule has 1 N–H and O–H groups in total. The first kappa shape index (κ1) is 15.9. The molecule has 0 aliphatic heterocycles. The topological polar surface area (TPSA) is 58.6 Å². The van der Waals surface area contributed by atoms with Crippen LogP contribution in [-0.2, 0) is 0 Å². The Balaban J connectivity index is 1.93. The van der Waals surface area contributed by atoms with Crippen LogP contribution in [0, 0.1) is 5.82 Å². The maximum Gasteiger partial charge on any atom is 0.150 e. The zero-order valence-corrected chi connectivity index (χ0v) is 13.7. The summed E-state index contributed by atoms with van der Waals surface area (Å²) in [4.78, 5) is 23.4. The number of aldehydes is 1. The Bertz CT molecular complexity index is 1060. The lowest BCUT2D eigenvalue weighted by Gasteiger charge is -2.02. The van der Waals surface area contributed by atoms with Crippen LogP contribution in [0.3, 0.4) is 0 Å². The van der Waals surface area contributed by atoms with Crippen molar-refractivity contribution in [1.29, 1.82) is 0 Å². The van der Waals surface area contributed by atoms with Gasteiger partial charge in [0.2, 0.25) is 0 Å². The van der Waals surface area contributed by atoms with E-state index in [2.05, 4.69) is 9.97 Å². The Labute approximate surface area is 149 Å². The molecule has 2 heterocycles. The Morgan fingerprint density at radius 1 is 0.885 bits per heavy atom. The molecule has 4 rings (SSSR count). The Kier molecular flexibility index (Phi) is 4.11. The monoisotopic (exact) mass is 343 g/mol. The summed E-state index contributed by atoms with van der Waals surface area (Å²) in [5.41, 5.74) is 4.42. The number of carbonyl (C=O) groups excluding carboxylic acids is 1. The second kappa shape index (κ2) is 6.72. The van der Waals surface area contributed by atoms with Crippen molar-refractivity contribution < 1.29 is 9.18 Å². The third-order valence-corrected chi connectivity index (χ3v) is 4.13. The number of benzene rings is 2. The predicted molar refractivity (Wildman–Crippen MR) is 98.0 cm³/mol. The smallest absolute Gasteiger partial charge is 0.150 e. The summed E-state index contributed by atoms with van der Waals surface area (Å²) >= 11 is 0. The van der Waals surface area contributed by atoms with Crippen LogP contribution in [0.5, 0.6) is 0 Å². The van der Waals surface area contributed by atoms with Gasteiger partial charge in [-0.1, -0.05) is 24.3 Å². The van der Waals surface area contributed by atoms with E-state index < -0.39 is 0 Å². The number of aromatic nitrogens is 3. The van der Waals surface area contributed by atoms with E-state index in [4.69, 9.17) is 4.98 Å². The van der Waals surface area contributed by atoms with Crippen molar-refractivity contribution in [1.82, 2.24) is 15.0 Å². The van der Waals surface area contributed by atoms with Crippen LogP contribution in [0.4, 0.5) is 4.39 Å². The molecule has 2 aromatic carbocycles. The molecule has 0 saturated carbocycles. The molecule has 0 radical (unpaired) electrons. The lowest BCUT2D eigenvalue weighted by atomic mass is 10.1. The first-order valence-corrected chi connectivity index (χ1v) is 8.07. The molecule has 0 aliphatic carbocycles. The molecular weight excluding hydrogens is 329 g/mol. The molecule has 4 nitrogen and oxygen atoms in total. The number of H-pyrrole nitrogens is 1. The molecule has 2 aromatic heterocycles. The van der Waals surface area contributed by atoms with Crippen LogP contribution in [0.15, 0.2) is 73.1 Å². The number of halogens is 1. The fourth-order valence-electron chi connectivity index (χ4n) is 2.86. The van der Waals surface area contributed by atoms with Gasteiger partial charge in [-0.05, 0) is 36.4 Å². The number of rotatable bonds is 4. The molecule has 0 amide bonds. The SMILES string of the molecule is O=Cc1ccccc1-c1nc(-c2ccc(F)cc2)c(-c2ccncc2)[nH]1. The zero-order chi connectivity index (χ0) is 17.9. The van der Waals surface area contributed by atoms with E-state index in [0.29, 0.717) is 22.6 Å². The van der Waals surface area contributed by atoms with E-state index in [-0.39, 0.29) is 5.82 Å². The van der Waals surface area contributed by atoms with Gasteiger partial charge in [-0.15, -0.1) is 0 Å².